The van der Waals surface area contributed by atoms with Gasteiger partial charge in [0.05, 0.1) is 15.9 Å². The van der Waals surface area contributed by atoms with Crippen molar-refractivity contribution < 1.29 is 18.1 Å². The summed E-state index contributed by atoms with van der Waals surface area (Å²) in [5.74, 6) is -0.557. The van der Waals surface area contributed by atoms with E-state index in [0.717, 1.165) is 54.8 Å². The number of fused-ring (bicyclic) bond motifs is 1. The van der Waals surface area contributed by atoms with Gasteiger partial charge in [0.1, 0.15) is 0 Å². The first-order chi connectivity index (χ1) is 12.6. The van der Waals surface area contributed by atoms with Crippen LogP contribution in [0.25, 0.3) is 0 Å². The molecule has 0 aliphatic heterocycles. The van der Waals surface area contributed by atoms with Gasteiger partial charge in [-0.05, 0) is 48.6 Å². The van der Waals surface area contributed by atoms with Crippen LogP contribution in [0.1, 0.15) is 40.4 Å². The summed E-state index contributed by atoms with van der Waals surface area (Å²) in [4.78, 5) is 22.8. The normalized spacial score (nSPS) is 16.4. The molecule has 1 aliphatic carbocycles. The number of hydrogen-bond donors (Lipinski definition) is 2. The van der Waals surface area contributed by atoms with Gasteiger partial charge in [0.25, 0.3) is 11.6 Å². The van der Waals surface area contributed by atoms with Gasteiger partial charge in [0, 0.05) is 29.6 Å². The number of nitrogens with one attached hydrogen (secondary N) is 1. The van der Waals surface area contributed by atoms with E-state index >= 15 is 0 Å². The van der Waals surface area contributed by atoms with E-state index in [-0.39, 0.29) is 16.5 Å². The van der Waals surface area contributed by atoms with Crippen LogP contribution in [0.15, 0.2) is 41.3 Å². The number of nitro benzene ring substituents is 1. The number of carbonyl (C=O) groups excluding carboxylic acids is 1. The number of aryl methyl sites for hydroxylation is 1. The van der Waals surface area contributed by atoms with E-state index in [9.17, 15) is 23.3 Å². The SMILES string of the molecule is CS(=O)(=O)c1cc(C(=O)NC2CCCc3cc(N)ccc32)cc([N+](=O)[O-])c1. The molecular formula is C18H19N3O5S. The smallest absolute Gasteiger partial charge is 0.271 e. The molecule has 0 bridgehead atoms. The highest BCUT2D eigenvalue weighted by Crippen LogP contribution is 2.31. The average Bonchev–Trinajstić information content (AvgIpc) is 2.60. The molecule has 2 aromatic carbocycles. The summed E-state index contributed by atoms with van der Waals surface area (Å²) in [7, 11) is -3.70. The van der Waals surface area contributed by atoms with Crippen LogP contribution in [-0.4, -0.2) is 25.5 Å². The lowest BCUT2D eigenvalue weighted by Crippen LogP contribution is -2.31. The molecule has 0 saturated carbocycles. The second-order valence-corrected chi connectivity index (χ2v) is 8.64. The molecule has 0 fully saturated rings. The standard InChI is InChI=1S/C18H19N3O5S/c1-27(25,26)15-9-12(8-14(10-15)21(23)24)18(22)20-17-4-2-3-11-7-13(19)5-6-16(11)17/h5-10,17H,2-4,19H2,1H3,(H,20,22). The largest absolute Gasteiger partial charge is 0.399 e. The van der Waals surface area contributed by atoms with E-state index in [1.165, 1.54) is 0 Å². The van der Waals surface area contributed by atoms with Crippen molar-refractivity contribution in [1.29, 1.82) is 0 Å². The van der Waals surface area contributed by atoms with Crippen molar-refractivity contribution in [2.75, 3.05) is 12.0 Å². The predicted octanol–water partition coefficient (Wildman–Crippen LogP) is 2.39. The summed E-state index contributed by atoms with van der Waals surface area (Å²) in [6.07, 6.45) is 3.39. The third-order valence-corrected chi connectivity index (χ3v) is 5.67. The first-order valence-electron chi connectivity index (χ1n) is 8.34. The fourth-order valence-electron chi connectivity index (χ4n) is 3.26. The van der Waals surface area contributed by atoms with Crippen LogP contribution in [0.3, 0.4) is 0 Å². The minimum absolute atomic E-state index is 0.0628. The number of non-ortho nitro benzene ring substituents is 1. The van der Waals surface area contributed by atoms with Crippen molar-refractivity contribution in [1.82, 2.24) is 5.32 Å². The fourth-order valence-corrected chi connectivity index (χ4v) is 3.94. The number of anilines is 1. The molecule has 0 spiro atoms. The van der Waals surface area contributed by atoms with Crippen LogP contribution >= 0.6 is 0 Å². The molecule has 0 aromatic heterocycles. The van der Waals surface area contributed by atoms with Gasteiger partial charge < -0.3 is 11.1 Å². The molecule has 0 radical (unpaired) electrons. The molecule has 0 heterocycles. The minimum atomic E-state index is -3.70. The van der Waals surface area contributed by atoms with Crippen molar-refractivity contribution in [3.8, 4) is 0 Å². The number of benzene rings is 2. The van der Waals surface area contributed by atoms with Gasteiger partial charge in [-0.15, -0.1) is 0 Å². The maximum Gasteiger partial charge on any atom is 0.271 e. The Morgan fingerprint density at radius 1 is 1.26 bits per heavy atom. The third-order valence-electron chi connectivity index (χ3n) is 4.58. The molecule has 3 rings (SSSR count). The van der Waals surface area contributed by atoms with Crippen molar-refractivity contribution >= 4 is 27.1 Å². The monoisotopic (exact) mass is 389 g/mol. The number of nitro groups is 1. The highest BCUT2D eigenvalue weighted by atomic mass is 32.2. The van der Waals surface area contributed by atoms with E-state index in [0.29, 0.717) is 5.69 Å². The van der Waals surface area contributed by atoms with E-state index in [4.69, 9.17) is 5.73 Å². The number of rotatable bonds is 4. The molecule has 1 atom stereocenters. The summed E-state index contributed by atoms with van der Waals surface area (Å²) >= 11 is 0. The molecule has 1 amide bonds. The van der Waals surface area contributed by atoms with E-state index < -0.39 is 26.4 Å². The van der Waals surface area contributed by atoms with Gasteiger partial charge in [-0.25, -0.2) is 8.42 Å². The molecule has 0 saturated heterocycles. The second kappa shape index (κ2) is 6.99. The number of carbonyl (C=O) groups is 1. The Bertz CT molecular complexity index is 1030. The van der Waals surface area contributed by atoms with E-state index in [1.807, 2.05) is 12.1 Å². The zero-order chi connectivity index (χ0) is 19.8. The number of amides is 1. The molecule has 27 heavy (non-hydrogen) atoms. The lowest BCUT2D eigenvalue weighted by Gasteiger charge is -2.26. The number of nitrogens with zero attached hydrogens (tertiary/aromatic N) is 1. The molecular weight excluding hydrogens is 370 g/mol. The average molecular weight is 389 g/mol. The second-order valence-electron chi connectivity index (χ2n) is 6.62. The quantitative estimate of drug-likeness (QED) is 0.469. The van der Waals surface area contributed by atoms with Gasteiger partial charge in [-0.3, -0.25) is 14.9 Å². The van der Waals surface area contributed by atoms with E-state index in [1.54, 1.807) is 6.07 Å². The number of nitrogen functional groups attached to an aromatic ring is 1. The zero-order valence-electron chi connectivity index (χ0n) is 14.6. The third kappa shape index (κ3) is 4.08. The predicted molar refractivity (Wildman–Crippen MR) is 100 cm³/mol. The lowest BCUT2D eigenvalue weighted by atomic mass is 9.87. The molecule has 3 N–H and O–H groups in total. The number of hydrogen-bond acceptors (Lipinski definition) is 6. The van der Waals surface area contributed by atoms with Crippen LogP contribution in [0.2, 0.25) is 0 Å². The Hall–Kier alpha value is -2.94. The summed E-state index contributed by atoms with van der Waals surface area (Å²) in [5.41, 5.74) is 7.97. The molecule has 2 aromatic rings. The van der Waals surface area contributed by atoms with Crippen LogP contribution in [0.5, 0.6) is 0 Å². The van der Waals surface area contributed by atoms with Gasteiger partial charge in [-0.1, -0.05) is 6.07 Å². The highest BCUT2D eigenvalue weighted by molar-refractivity contribution is 7.90. The Kier molecular flexibility index (Phi) is 4.88. The Morgan fingerprint density at radius 3 is 2.67 bits per heavy atom. The van der Waals surface area contributed by atoms with Crippen LogP contribution in [0, 0.1) is 10.1 Å². The Labute approximate surface area is 156 Å². The van der Waals surface area contributed by atoms with Crippen LogP contribution in [-0.2, 0) is 16.3 Å². The molecule has 1 aliphatic rings. The molecule has 1 unspecified atom stereocenters. The minimum Gasteiger partial charge on any atom is -0.399 e. The lowest BCUT2D eigenvalue weighted by molar-refractivity contribution is -0.385. The zero-order valence-corrected chi connectivity index (χ0v) is 15.5. The van der Waals surface area contributed by atoms with Crippen molar-refractivity contribution in [3.05, 3.63) is 63.2 Å². The number of nitrogens with two attached hydrogens (primary N) is 1. The summed E-state index contributed by atoms with van der Waals surface area (Å²) in [5, 5.41) is 14.0. The summed E-state index contributed by atoms with van der Waals surface area (Å²) in [6.45, 7) is 0. The number of sulfone groups is 1. The highest BCUT2D eigenvalue weighted by Gasteiger charge is 2.24. The maximum atomic E-state index is 12.7. The van der Waals surface area contributed by atoms with Crippen molar-refractivity contribution in [2.24, 2.45) is 0 Å². The fraction of sp³-hybridized carbons (Fsp3) is 0.278. The van der Waals surface area contributed by atoms with Gasteiger partial charge in [0.2, 0.25) is 0 Å². The van der Waals surface area contributed by atoms with Gasteiger partial charge in [-0.2, -0.15) is 0 Å². The van der Waals surface area contributed by atoms with Crippen molar-refractivity contribution in [2.45, 2.75) is 30.2 Å². The van der Waals surface area contributed by atoms with Crippen LogP contribution in [0.4, 0.5) is 11.4 Å². The van der Waals surface area contributed by atoms with Crippen molar-refractivity contribution in [3.63, 3.8) is 0 Å². The van der Waals surface area contributed by atoms with Gasteiger partial charge >= 0.3 is 0 Å². The van der Waals surface area contributed by atoms with E-state index in [2.05, 4.69) is 5.32 Å². The van der Waals surface area contributed by atoms with Crippen LogP contribution < -0.4 is 11.1 Å². The Morgan fingerprint density at radius 2 is 2.00 bits per heavy atom. The molecule has 142 valence electrons. The Balaban J connectivity index is 1.94. The molecule has 8 nitrogen and oxygen atoms in total. The maximum absolute atomic E-state index is 12.7. The first-order valence-corrected chi connectivity index (χ1v) is 10.2. The first kappa shape index (κ1) is 18.8. The van der Waals surface area contributed by atoms with Gasteiger partial charge in [0.15, 0.2) is 9.84 Å². The summed E-state index contributed by atoms with van der Waals surface area (Å²) < 4.78 is 23.6. The summed E-state index contributed by atoms with van der Waals surface area (Å²) in [6, 6.07) is 8.43. The molecule has 9 heteroatoms. The topological polar surface area (TPSA) is 132 Å².